The van der Waals surface area contributed by atoms with E-state index in [2.05, 4.69) is 10.1 Å². The van der Waals surface area contributed by atoms with Crippen LogP contribution in [0.2, 0.25) is 0 Å². The smallest absolute Gasteiger partial charge is 0.265 e. The third-order valence-electron chi connectivity index (χ3n) is 4.37. The first-order chi connectivity index (χ1) is 13.7. The van der Waals surface area contributed by atoms with Crippen molar-refractivity contribution in [3.8, 4) is 28.6 Å². The van der Waals surface area contributed by atoms with Gasteiger partial charge in [0.15, 0.2) is 13.2 Å². The number of benzene rings is 2. The van der Waals surface area contributed by atoms with E-state index in [9.17, 15) is 4.79 Å². The van der Waals surface area contributed by atoms with Crippen LogP contribution in [0.5, 0.6) is 17.2 Å². The van der Waals surface area contributed by atoms with Gasteiger partial charge < -0.3 is 23.6 Å². The maximum absolute atomic E-state index is 12.0. The lowest BCUT2D eigenvalue weighted by Crippen LogP contribution is -2.38. The molecule has 0 radical (unpaired) electrons. The molecule has 0 saturated carbocycles. The van der Waals surface area contributed by atoms with Crippen molar-refractivity contribution < 1.29 is 23.5 Å². The number of amides is 1. The Morgan fingerprint density at radius 2 is 1.93 bits per heavy atom. The number of aromatic nitrogens is 2. The van der Waals surface area contributed by atoms with Gasteiger partial charge in [0.25, 0.3) is 11.8 Å². The van der Waals surface area contributed by atoms with Gasteiger partial charge >= 0.3 is 0 Å². The predicted octanol–water partition coefficient (Wildman–Crippen LogP) is 3.07. The number of nitrogens with zero attached hydrogens (tertiary/aromatic N) is 3. The van der Waals surface area contributed by atoms with Crippen LogP contribution in [0.3, 0.4) is 0 Å². The minimum Gasteiger partial charge on any atom is -0.497 e. The Balaban J connectivity index is 1.49. The van der Waals surface area contributed by atoms with Crippen LogP contribution in [0.1, 0.15) is 12.8 Å². The number of likely N-dealkylation sites (N-methyl/N-ethyl adjacent to an activating group) is 1. The van der Waals surface area contributed by atoms with Crippen molar-refractivity contribution >= 4 is 11.6 Å². The highest BCUT2D eigenvalue weighted by Crippen LogP contribution is 2.35. The number of methoxy groups -OCH3 is 1. The largest absolute Gasteiger partial charge is 0.497 e. The maximum atomic E-state index is 12.0. The lowest BCUT2D eigenvalue weighted by atomic mass is 10.1. The summed E-state index contributed by atoms with van der Waals surface area (Å²) in [5.41, 5.74) is 1.44. The van der Waals surface area contributed by atoms with E-state index in [1.807, 2.05) is 37.3 Å². The molecule has 0 fully saturated rings. The molecule has 2 heterocycles. The summed E-state index contributed by atoms with van der Waals surface area (Å²) < 4.78 is 21.5. The third kappa shape index (κ3) is 3.48. The summed E-state index contributed by atoms with van der Waals surface area (Å²) in [6.45, 7) is 2.68. The van der Waals surface area contributed by atoms with Gasteiger partial charge in [0.2, 0.25) is 5.82 Å². The fourth-order valence-corrected chi connectivity index (χ4v) is 2.94. The van der Waals surface area contributed by atoms with Crippen molar-refractivity contribution in [3.63, 3.8) is 0 Å². The van der Waals surface area contributed by atoms with Crippen LogP contribution in [0.15, 0.2) is 47.0 Å². The van der Waals surface area contributed by atoms with Crippen molar-refractivity contribution in [3.05, 3.63) is 48.4 Å². The van der Waals surface area contributed by atoms with Crippen molar-refractivity contribution in [1.82, 2.24) is 10.1 Å². The molecule has 0 atom stereocenters. The van der Waals surface area contributed by atoms with Gasteiger partial charge in [-0.05, 0) is 49.4 Å². The Kier molecular flexibility index (Phi) is 4.84. The summed E-state index contributed by atoms with van der Waals surface area (Å²) in [6, 6.07) is 12.7. The zero-order chi connectivity index (χ0) is 19.5. The summed E-state index contributed by atoms with van der Waals surface area (Å²) in [5.74, 6) is 2.78. The standard InChI is InChI=1S/C20H19N3O5/c1-3-23-16-10-13(4-9-17(16)27-12-19(23)24)20-21-18(28-22-20)11-26-15-7-5-14(25-2)6-8-15/h4-10H,3,11-12H2,1-2H3. The van der Waals surface area contributed by atoms with Crippen LogP contribution in [0, 0.1) is 0 Å². The molecular formula is C20H19N3O5. The fraction of sp³-hybridized carbons (Fsp3) is 0.250. The second-order valence-electron chi connectivity index (χ2n) is 6.09. The molecule has 0 aliphatic carbocycles. The average Bonchev–Trinajstić information content (AvgIpc) is 3.21. The van der Waals surface area contributed by atoms with Crippen molar-refractivity contribution in [2.45, 2.75) is 13.5 Å². The molecule has 144 valence electrons. The average molecular weight is 381 g/mol. The SMILES string of the molecule is CCN1C(=O)COc2ccc(-c3noc(COc4ccc(OC)cc4)n3)cc21. The van der Waals surface area contributed by atoms with E-state index in [4.69, 9.17) is 18.7 Å². The molecule has 2 aromatic carbocycles. The van der Waals surface area contributed by atoms with Crippen LogP contribution >= 0.6 is 0 Å². The molecule has 3 aromatic rings. The highest BCUT2D eigenvalue weighted by molar-refractivity contribution is 5.98. The molecule has 0 saturated heterocycles. The van der Waals surface area contributed by atoms with Gasteiger partial charge in [-0.15, -0.1) is 0 Å². The molecule has 4 rings (SSSR count). The molecule has 1 amide bonds. The molecule has 0 spiro atoms. The van der Waals surface area contributed by atoms with Crippen LogP contribution < -0.4 is 19.1 Å². The van der Waals surface area contributed by atoms with Crippen molar-refractivity contribution in [2.24, 2.45) is 0 Å². The van der Waals surface area contributed by atoms with Gasteiger partial charge in [-0.2, -0.15) is 4.98 Å². The van der Waals surface area contributed by atoms with Gasteiger partial charge in [0, 0.05) is 12.1 Å². The lowest BCUT2D eigenvalue weighted by molar-refractivity contribution is -0.121. The van der Waals surface area contributed by atoms with E-state index in [1.54, 1.807) is 24.1 Å². The van der Waals surface area contributed by atoms with Crippen LogP contribution in [-0.2, 0) is 11.4 Å². The first-order valence-electron chi connectivity index (χ1n) is 8.85. The number of carbonyl (C=O) groups is 1. The first kappa shape index (κ1) is 17.8. The van der Waals surface area contributed by atoms with E-state index >= 15 is 0 Å². The van der Waals surface area contributed by atoms with E-state index in [0.29, 0.717) is 35.4 Å². The molecule has 1 aromatic heterocycles. The fourth-order valence-electron chi connectivity index (χ4n) is 2.94. The van der Waals surface area contributed by atoms with Gasteiger partial charge in [0.05, 0.1) is 12.8 Å². The third-order valence-corrected chi connectivity index (χ3v) is 4.37. The Labute approximate surface area is 161 Å². The minimum atomic E-state index is -0.0751. The zero-order valence-electron chi connectivity index (χ0n) is 15.5. The Morgan fingerprint density at radius 1 is 1.14 bits per heavy atom. The summed E-state index contributed by atoms with van der Waals surface area (Å²) in [7, 11) is 1.61. The number of hydrogen-bond donors (Lipinski definition) is 0. The van der Waals surface area contributed by atoms with E-state index in [1.165, 1.54) is 0 Å². The van der Waals surface area contributed by atoms with E-state index in [0.717, 1.165) is 11.3 Å². The summed E-state index contributed by atoms with van der Waals surface area (Å²) in [4.78, 5) is 18.1. The van der Waals surface area contributed by atoms with Crippen LogP contribution in [-0.4, -0.2) is 36.3 Å². The zero-order valence-corrected chi connectivity index (χ0v) is 15.5. The molecule has 8 heteroatoms. The van der Waals surface area contributed by atoms with Gasteiger partial charge in [0.1, 0.15) is 17.2 Å². The monoisotopic (exact) mass is 381 g/mol. The Morgan fingerprint density at radius 3 is 2.68 bits per heavy atom. The highest BCUT2D eigenvalue weighted by atomic mass is 16.5. The van der Waals surface area contributed by atoms with E-state index in [-0.39, 0.29) is 19.1 Å². The lowest BCUT2D eigenvalue weighted by Gasteiger charge is -2.28. The molecule has 28 heavy (non-hydrogen) atoms. The minimum absolute atomic E-state index is 0.0508. The second kappa shape index (κ2) is 7.59. The van der Waals surface area contributed by atoms with Crippen LogP contribution in [0.4, 0.5) is 5.69 Å². The summed E-state index contributed by atoms with van der Waals surface area (Å²) >= 11 is 0. The number of rotatable bonds is 6. The quantitative estimate of drug-likeness (QED) is 0.648. The number of carbonyl (C=O) groups excluding carboxylic acids is 1. The number of hydrogen-bond acceptors (Lipinski definition) is 7. The van der Waals surface area contributed by atoms with Gasteiger partial charge in [-0.25, -0.2) is 0 Å². The van der Waals surface area contributed by atoms with Gasteiger partial charge in [-0.1, -0.05) is 5.16 Å². The van der Waals surface area contributed by atoms with Gasteiger partial charge in [-0.3, -0.25) is 4.79 Å². The molecule has 8 nitrogen and oxygen atoms in total. The van der Waals surface area contributed by atoms with Crippen molar-refractivity contribution in [2.75, 3.05) is 25.2 Å². The topological polar surface area (TPSA) is 86.9 Å². The Bertz CT molecular complexity index is 984. The molecular weight excluding hydrogens is 362 g/mol. The number of anilines is 1. The molecule has 0 unspecified atom stereocenters. The summed E-state index contributed by atoms with van der Waals surface area (Å²) in [6.07, 6.45) is 0. The molecule has 1 aliphatic heterocycles. The van der Waals surface area contributed by atoms with Crippen LogP contribution in [0.25, 0.3) is 11.4 Å². The summed E-state index contributed by atoms with van der Waals surface area (Å²) in [5, 5.41) is 4.01. The predicted molar refractivity (Wildman–Crippen MR) is 101 cm³/mol. The first-order valence-corrected chi connectivity index (χ1v) is 8.85. The normalized spacial score (nSPS) is 13.1. The highest BCUT2D eigenvalue weighted by Gasteiger charge is 2.25. The van der Waals surface area contributed by atoms with E-state index < -0.39 is 0 Å². The number of ether oxygens (including phenoxy) is 3. The number of fused-ring (bicyclic) bond motifs is 1. The Hall–Kier alpha value is -3.55. The van der Waals surface area contributed by atoms with Crippen molar-refractivity contribution in [1.29, 1.82) is 0 Å². The molecule has 0 bridgehead atoms. The molecule has 1 aliphatic rings. The second-order valence-corrected chi connectivity index (χ2v) is 6.09. The molecule has 0 N–H and O–H groups in total. The maximum Gasteiger partial charge on any atom is 0.265 e.